The van der Waals surface area contributed by atoms with E-state index in [-0.39, 0.29) is 0 Å². The highest BCUT2D eigenvalue weighted by atomic mass is 32.1. The standard InChI is InChI=1S/C19H41NO2SSi/c1-4-6-8-9-10-11-19(23)13-16-24(15-7-5-2)21-14-12-18(3)17-20-22-24/h18-20,23H,4-17H2,1-3H3. The summed E-state index contributed by atoms with van der Waals surface area (Å²) in [5.41, 5.74) is 3.24. The SMILES string of the molecule is CCCCCCCC(S)CC[Si]1(CCCC)OCCC(C)CNO1. The van der Waals surface area contributed by atoms with Crippen molar-refractivity contribution < 1.29 is 8.95 Å². The smallest absolute Gasteiger partial charge is 0.358 e. The monoisotopic (exact) mass is 375 g/mol. The molecule has 0 aromatic rings. The molecule has 1 heterocycles. The molecule has 0 radical (unpaired) electrons. The van der Waals surface area contributed by atoms with E-state index >= 15 is 0 Å². The van der Waals surface area contributed by atoms with Gasteiger partial charge in [-0.1, -0.05) is 65.7 Å². The van der Waals surface area contributed by atoms with Gasteiger partial charge in [0.25, 0.3) is 0 Å². The molecule has 1 N–H and O–H groups in total. The third-order valence-electron chi connectivity index (χ3n) is 5.08. The Hall–Kier alpha value is 0.447. The summed E-state index contributed by atoms with van der Waals surface area (Å²) >= 11 is 4.84. The Kier molecular flexibility index (Phi) is 12.8. The Labute approximate surface area is 157 Å². The number of hydrogen-bond acceptors (Lipinski definition) is 4. The van der Waals surface area contributed by atoms with E-state index in [1.165, 1.54) is 51.4 Å². The van der Waals surface area contributed by atoms with E-state index in [0.29, 0.717) is 11.2 Å². The molecule has 0 aromatic carbocycles. The molecule has 1 rings (SSSR count). The van der Waals surface area contributed by atoms with Crippen LogP contribution in [0.3, 0.4) is 0 Å². The summed E-state index contributed by atoms with van der Waals surface area (Å²) in [4.78, 5) is 0. The highest BCUT2D eigenvalue weighted by molar-refractivity contribution is 7.80. The van der Waals surface area contributed by atoms with Gasteiger partial charge < -0.3 is 8.95 Å². The van der Waals surface area contributed by atoms with Crippen LogP contribution in [0, 0.1) is 5.92 Å². The maximum atomic E-state index is 6.37. The van der Waals surface area contributed by atoms with Crippen LogP contribution in [0.15, 0.2) is 0 Å². The molecule has 24 heavy (non-hydrogen) atoms. The second kappa shape index (κ2) is 13.6. The van der Waals surface area contributed by atoms with Crippen LogP contribution in [-0.4, -0.2) is 27.0 Å². The Balaban J connectivity index is 2.38. The number of hydroxylamine groups is 1. The van der Waals surface area contributed by atoms with E-state index in [1.807, 2.05) is 0 Å². The first-order valence-corrected chi connectivity index (χ1v) is 13.1. The van der Waals surface area contributed by atoms with Crippen molar-refractivity contribution in [2.45, 2.75) is 102 Å². The summed E-state index contributed by atoms with van der Waals surface area (Å²) in [5.74, 6) is 0.629. The highest BCUT2D eigenvalue weighted by Crippen LogP contribution is 2.28. The zero-order valence-electron chi connectivity index (χ0n) is 16.3. The van der Waals surface area contributed by atoms with Gasteiger partial charge >= 0.3 is 8.56 Å². The molecule has 144 valence electrons. The van der Waals surface area contributed by atoms with E-state index in [0.717, 1.165) is 38.1 Å². The molecule has 3 unspecified atom stereocenters. The molecular weight excluding hydrogens is 334 g/mol. The van der Waals surface area contributed by atoms with Crippen molar-refractivity contribution in [3.8, 4) is 0 Å². The molecule has 5 heteroatoms. The molecule has 3 nitrogen and oxygen atoms in total. The molecule has 1 aliphatic rings. The Morgan fingerprint density at radius 1 is 1.04 bits per heavy atom. The van der Waals surface area contributed by atoms with E-state index in [9.17, 15) is 0 Å². The minimum absolute atomic E-state index is 0.495. The fourth-order valence-corrected chi connectivity index (χ4v) is 7.10. The van der Waals surface area contributed by atoms with Crippen molar-refractivity contribution in [3.05, 3.63) is 0 Å². The summed E-state index contributed by atoms with van der Waals surface area (Å²) in [7, 11) is -2.10. The van der Waals surface area contributed by atoms with Crippen LogP contribution < -0.4 is 5.48 Å². The summed E-state index contributed by atoms with van der Waals surface area (Å²) in [6, 6.07) is 2.19. The maximum absolute atomic E-state index is 6.37. The molecule has 0 amide bonds. The summed E-state index contributed by atoms with van der Waals surface area (Å²) in [5, 5.41) is 0.495. The second-order valence-electron chi connectivity index (χ2n) is 7.60. The lowest BCUT2D eigenvalue weighted by Crippen LogP contribution is -2.49. The van der Waals surface area contributed by atoms with Gasteiger partial charge in [-0.05, 0) is 37.3 Å². The van der Waals surface area contributed by atoms with Gasteiger partial charge in [-0.2, -0.15) is 12.6 Å². The van der Waals surface area contributed by atoms with E-state index in [2.05, 4.69) is 26.3 Å². The van der Waals surface area contributed by atoms with Gasteiger partial charge in [-0.3, -0.25) is 0 Å². The van der Waals surface area contributed by atoms with Gasteiger partial charge in [0.2, 0.25) is 0 Å². The van der Waals surface area contributed by atoms with Crippen LogP contribution in [0.2, 0.25) is 12.1 Å². The number of unbranched alkanes of at least 4 members (excludes halogenated alkanes) is 5. The van der Waals surface area contributed by atoms with Gasteiger partial charge in [0, 0.05) is 18.4 Å². The molecule has 0 spiro atoms. The topological polar surface area (TPSA) is 30.5 Å². The zero-order chi connectivity index (χ0) is 17.7. The van der Waals surface area contributed by atoms with Gasteiger partial charge in [-0.15, -0.1) is 0 Å². The van der Waals surface area contributed by atoms with Crippen molar-refractivity contribution in [2.24, 2.45) is 5.92 Å². The fourth-order valence-electron chi connectivity index (χ4n) is 3.22. The van der Waals surface area contributed by atoms with Crippen LogP contribution >= 0.6 is 12.6 Å². The normalized spacial score (nSPS) is 26.8. The van der Waals surface area contributed by atoms with Gasteiger partial charge in [0.15, 0.2) is 0 Å². The highest BCUT2D eigenvalue weighted by Gasteiger charge is 2.39. The third-order valence-corrected chi connectivity index (χ3v) is 9.01. The van der Waals surface area contributed by atoms with Crippen molar-refractivity contribution in [1.29, 1.82) is 0 Å². The lowest BCUT2D eigenvalue weighted by atomic mass is 10.1. The van der Waals surface area contributed by atoms with Crippen molar-refractivity contribution in [3.63, 3.8) is 0 Å². The Bertz CT molecular complexity index is 297. The van der Waals surface area contributed by atoms with Crippen LogP contribution in [0.25, 0.3) is 0 Å². The van der Waals surface area contributed by atoms with Crippen molar-refractivity contribution in [2.75, 3.05) is 13.2 Å². The van der Waals surface area contributed by atoms with E-state index in [1.54, 1.807) is 0 Å². The predicted molar refractivity (Wildman–Crippen MR) is 110 cm³/mol. The average molecular weight is 376 g/mol. The molecule has 1 fully saturated rings. The predicted octanol–water partition coefficient (Wildman–Crippen LogP) is 5.86. The first-order chi connectivity index (χ1) is 11.6. The Morgan fingerprint density at radius 3 is 2.54 bits per heavy atom. The fraction of sp³-hybridized carbons (Fsp3) is 1.00. The van der Waals surface area contributed by atoms with Crippen LogP contribution in [0.1, 0.15) is 85.0 Å². The van der Waals surface area contributed by atoms with Crippen molar-refractivity contribution in [1.82, 2.24) is 5.48 Å². The largest absolute Gasteiger partial charge is 0.393 e. The second-order valence-corrected chi connectivity index (χ2v) is 11.6. The number of hydrogen-bond donors (Lipinski definition) is 2. The average Bonchev–Trinajstić information content (AvgIpc) is 2.56. The quantitative estimate of drug-likeness (QED) is 0.254. The van der Waals surface area contributed by atoms with Gasteiger partial charge in [0.05, 0.1) is 0 Å². The van der Waals surface area contributed by atoms with Crippen molar-refractivity contribution >= 4 is 21.2 Å². The minimum atomic E-state index is -2.10. The van der Waals surface area contributed by atoms with Crippen LogP contribution in [0.4, 0.5) is 0 Å². The van der Waals surface area contributed by atoms with E-state index < -0.39 is 8.56 Å². The molecule has 0 aliphatic carbocycles. The molecule has 0 saturated carbocycles. The molecule has 1 aliphatic heterocycles. The number of nitrogens with one attached hydrogen (secondary N) is 1. The third kappa shape index (κ3) is 9.81. The maximum Gasteiger partial charge on any atom is 0.358 e. The molecule has 1 saturated heterocycles. The summed E-state index contributed by atoms with van der Waals surface area (Å²) in [6.45, 7) is 8.59. The molecule has 0 aromatic heterocycles. The number of thiol groups is 1. The van der Waals surface area contributed by atoms with Crippen LogP contribution in [-0.2, 0) is 8.95 Å². The zero-order valence-corrected chi connectivity index (χ0v) is 18.2. The Morgan fingerprint density at radius 2 is 1.79 bits per heavy atom. The number of rotatable bonds is 12. The molecule has 0 bridgehead atoms. The lowest BCUT2D eigenvalue weighted by Gasteiger charge is -2.34. The first kappa shape index (κ1) is 22.5. The summed E-state index contributed by atoms with van der Waals surface area (Å²) < 4.78 is 12.6. The minimum Gasteiger partial charge on any atom is -0.393 e. The first-order valence-electron chi connectivity index (χ1n) is 10.3. The van der Waals surface area contributed by atoms with Gasteiger partial charge in [0.1, 0.15) is 0 Å². The molecule has 3 atom stereocenters. The lowest BCUT2D eigenvalue weighted by molar-refractivity contribution is 0.0682. The molecular formula is C19H41NO2SSi. The van der Waals surface area contributed by atoms with Crippen LogP contribution in [0.5, 0.6) is 0 Å². The van der Waals surface area contributed by atoms with E-state index in [4.69, 9.17) is 21.6 Å². The summed E-state index contributed by atoms with van der Waals surface area (Å²) in [6.07, 6.45) is 12.6. The van der Waals surface area contributed by atoms with Gasteiger partial charge in [-0.25, -0.2) is 5.48 Å².